The Morgan fingerprint density at radius 1 is 1.10 bits per heavy atom. The maximum absolute atomic E-state index is 12.4. The highest BCUT2D eigenvalue weighted by Gasteiger charge is 2.31. The summed E-state index contributed by atoms with van der Waals surface area (Å²) < 4.78 is 40.4. The van der Waals surface area contributed by atoms with Gasteiger partial charge in [0.15, 0.2) is 5.78 Å². The van der Waals surface area contributed by atoms with Crippen molar-refractivity contribution in [2.24, 2.45) is 0 Å². The maximum atomic E-state index is 12.4. The molecule has 0 fully saturated rings. The summed E-state index contributed by atoms with van der Waals surface area (Å²) in [5, 5.41) is 0. The van der Waals surface area contributed by atoms with Crippen molar-refractivity contribution in [2.75, 3.05) is 6.26 Å². The van der Waals surface area contributed by atoms with Crippen molar-refractivity contribution < 1.29 is 22.7 Å². The van der Waals surface area contributed by atoms with Gasteiger partial charge in [0, 0.05) is 16.0 Å². The average molecular weight is 312 g/mol. The van der Waals surface area contributed by atoms with Crippen molar-refractivity contribution in [3.8, 4) is 5.75 Å². The van der Waals surface area contributed by atoms with E-state index in [0.717, 1.165) is 17.0 Å². The summed E-state index contributed by atoms with van der Waals surface area (Å²) in [6, 6.07) is 12.0. The molecule has 0 heterocycles. The second-order valence-corrected chi connectivity index (χ2v) is 4.95. The summed E-state index contributed by atoms with van der Waals surface area (Å²) in [5.74, 6) is -0.748. The molecule has 0 bridgehead atoms. The first kappa shape index (κ1) is 15.4. The number of hydrogen-bond acceptors (Lipinski definition) is 3. The molecule has 0 unspecified atom stereocenters. The lowest BCUT2D eigenvalue weighted by Gasteiger charge is -2.10. The number of rotatable bonds is 4. The Morgan fingerprint density at radius 3 is 2.48 bits per heavy atom. The van der Waals surface area contributed by atoms with Crippen LogP contribution in [0.1, 0.15) is 15.9 Å². The summed E-state index contributed by atoms with van der Waals surface area (Å²) in [6.45, 7) is 0. The SMILES string of the molecule is CSc1ccccc1C(=O)c1cccc(OC(F)(F)F)c1. The average Bonchev–Trinajstić information content (AvgIpc) is 2.45. The van der Waals surface area contributed by atoms with Crippen LogP contribution in [0, 0.1) is 0 Å². The topological polar surface area (TPSA) is 26.3 Å². The lowest BCUT2D eigenvalue weighted by Crippen LogP contribution is -2.17. The van der Waals surface area contributed by atoms with Crippen LogP contribution < -0.4 is 4.74 Å². The molecular weight excluding hydrogens is 301 g/mol. The molecule has 2 rings (SSSR count). The van der Waals surface area contributed by atoms with Gasteiger partial charge in [0.05, 0.1) is 0 Å². The van der Waals surface area contributed by atoms with E-state index in [-0.39, 0.29) is 11.3 Å². The largest absolute Gasteiger partial charge is 0.573 e. The molecule has 0 aliphatic rings. The molecule has 2 aromatic carbocycles. The normalized spacial score (nSPS) is 11.2. The minimum absolute atomic E-state index is 0.151. The molecule has 21 heavy (non-hydrogen) atoms. The Kier molecular flexibility index (Phi) is 4.57. The number of benzene rings is 2. The fourth-order valence-corrected chi connectivity index (χ4v) is 2.42. The monoisotopic (exact) mass is 312 g/mol. The molecular formula is C15H11F3O2S. The molecule has 0 saturated heterocycles. The van der Waals surface area contributed by atoms with Crippen LogP contribution in [0.15, 0.2) is 53.4 Å². The number of ketones is 1. The summed E-state index contributed by atoms with van der Waals surface area (Å²) in [4.78, 5) is 13.2. The van der Waals surface area contributed by atoms with E-state index in [4.69, 9.17) is 0 Å². The van der Waals surface area contributed by atoms with Crippen LogP contribution in [-0.4, -0.2) is 18.4 Å². The third-order valence-corrected chi connectivity index (χ3v) is 3.48. The Hall–Kier alpha value is -1.95. The Morgan fingerprint density at radius 2 is 1.81 bits per heavy atom. The third kappa shape index (κ3) is 4.01. The van der Waals surface area contributed by atoms with E-state index in [1.807, 2.05) is 6.26 Å². The fraction of sp³-hybridized carbons (Fsp3) is 0.133. The predicted molar refractivity (Wildman–Crippen MR) is 74.8 cm³/mol. The molecule has 0 atom stereocenters. The van der Waals surface area contributed by atoms with E-state index >= 15 is 0 Å². The van der Waals surface area contributed by atoms with Gasteiger partial charge in [-0.1, -0.05) is 24.3 Å². The van der Waals surface area contributed by atoms with Gasteiger partial charge in [0.25, 0.3) is 0 Å². The van der Waals surface area contributed by atoms with Crippen LogP contribution in [0.5, 0.6) is 5.75 Å². The van der Waals surface area contributed by atoms with Gasteiger partial charge >= 0.3 is 6.36 Å². The van der Waals surface area contributed by atoms with Gasteiger partial charge in [-0.05, 0) is 30.5 Å². The first-order valence-electron chi connectivity index (χ1n) is 5.94. The van der Waals surface area contributed by atoms with Crippen molar-refractivity contribution >= 4 is 17.5 Å². The molecule has 0 saturated carbocycles. The second-order valence-electron chi connectivity index (χ2n) is 4.11. The van der Waals surface area contributed by atoms with Crippen molar-refractivity contribution in [2.45, 2.75) is 11.3 Å². The molecule has 0 N–H and O–H groups in total. The van der Waals surface area contributed by atoms with Crippen LogP contribution in [0.25, 0.3) is 0 Å². The molecule has 110 valence electrons. The maximum Gasteiger partial charge on any atom is 0.573 e. The van der Waals surface area contributed by atoms with Crippen LogP contribution in [0.2, 0.25) is 0 Å². The van der Waals surface area contributed by atoms with Gasteiger partial charge in [0.1, 0.15) is 5.75 Å². The predicted octanol–water partition coefficient (Wildman–Crippen LogP) is 4.54. The molecule has 2 nitrogen and oxygen atoms in total. The summed E-state index contributed by atoms with van der Waals surface area (Å²) in [6.07, 6.45) is -2.95. The van der Waals surface area contributed by atoms with Gasteiger partial charge in [-0.15, -0.1) is 24.9 Å². The Bertz CT molecular complexity index is 653. The molecule has 0 spiro atoms. The van der Waals surface area contributed by atoms with E-state index in [2.05, 4.69) is 4.74 Å². The highest BCUT2D eigenvalue weighted by atomic mass is 32.2. The number of halogens is 3. The van der Waals surface area contributed by atoms with Crippen LogP contribution >= 0.6 is 11.8 Å². The molecule has 0 radical (unpaired) electrons. The molecule has 0 aliphatic heterocycles. The summed E-state index contributed by atoms with van der Waals surface area (Å²) in [5.41, 5.74) is 0.604. The number of hydrogen-bond donors (Lipinski definition) is 0. The van der Waals surface area contributed by atoms with Crippen LogP contribution in [0.4, 0.5) is 13.2 Å². The number of alkyl halides is 3. The zero-order valence-corrected chi connectivity index (χ0v) is 11.8. The van der Waals surface area contributed by atoms with Crippen LogP contribution in [0.3, 0.4) is 0 Å². The van der Waals surface area contributed by atoms with Gasteiger partial charge in [-0.25, -0.2) is 0 Å². The number of ether oxygens (including phenoxy) is 1. The number of thioether (sulfide) groups is 1. The van der Waals surface area contributed by atoms with Gasteiger partial charge in [-0.3, -0.25) is 4.79 Å². The highest BCUT2D eigenvalue weighted by Crippen LogP contribution is 2.26. The lowest BCUT2D eigenvalue weighted by atomic mass is 10.0. The zero-order chi connectivity index (χ0) is 15.5. The quantitative estimate of drug-likeness (QED) is 0.612. The number of carbonyl (C=O) groups excluding carboxylic acids is 1. The second kappa shape index (κ2) is 6.22. The number of carbonyl (C=O) groups is 1. The lowest BCUT2D eigenvalue weighted by molar-refractivity contribution is -0.274. The first-order chi connectivity index (χ1) is 9.90. The van der Waals surface area contributed by atoms with Crippen molar-refractivity contribution in [3.05, 3.63) is 59.7 Å². The summed E-state index contributed by atoms with van der Waals surface area (Å²) in [7, 11) is 0. The van der Waals surface area contributed by atoms with Crippen molar-refractivity contribution in [3.63, 3.8) is 0 Å². The minimum Gasteiger partial charge on any atom is -0.406 e. The van der Waals surface area contributed by atoms with Crippen LogP contribution in [-0.2, 0) is 0 Å². The van der Waals surface area contributed by atoms with Gasteiger partial charge in [-0.2, -0.15) is 0 Å². The zero-order valence-electron chi connectivity index (χ0n) is 11.0. The van der Waals surface area contributed by atoms with Crippen molar-refractivity contribution in [1.29, 1.82) is 0 Å². The smallest absolute Gasteiger partial charge is 0.406 e. The summed E-state index contributed by atoms with van der Waals surface area (Å²) >= 11 is 1.40. The molecule has 2 aromatic rings. The first-order valence-corrected chi connectivity index (χ1v) is 7.17. The Labute approximate surface area is 123 Å². The highest BCUT2D eigenvalue weighted by molar-refractivity contribution is 7.98. The fourth-order valence-electron chi connectivity index (χ4n) is 1.82. The van der Waals surface area contributed by atoms with E-state index < -0.39 is 12.1 Å². The molecule has 6 heteroatoms. The van der Waals surface area contributed by atoms with Gasteiger partial charge < -0.3 is 4.74 Å². The van der Waals surface area contributed by atoms with E-state index in [9.17, 15) is 18.0 Å². The van der Waals surface area contributed by atoms with E-state index in [1.165, 1.54) is 23.9 Å². The van der Waals surface area contributed by atoms with Crippen molar-refractivity contribution in [1.82, 2.24) is 0 Å². The third-order valence-electron chi connectivity index (χ3n) is 2.68. The van der Waals surface area contributed by atoms with E-state index in [0.29, 0.717) is 5.56 Å². The Balaban J connectivity index is 2.33. The molecule has 0 aliphatic carbocycles. The minimum atomic E-state index is -4.78. The standard InChI is InChI=1S/C15H11F3O2S/c1-21-13-8-3-2-7-12(13)14(19)10-5-4-6-11(9-10)20-15(16,17)18/h2-9H,1H3. The van der Waals surface area contributed by atoms with E-state index in [1.54, 1.807) is 24.3 Å². The molecule has 0 amide bonds. The van der Waals surface area contributed by atoms with Gasteiger partial charge in [0.2, 0.25) is 0 Å². The molecule has 0 aromatic heterocycles.